The largest absolute Gasteiger partial charge is 0.306 e. The van der Waals surface area contributed by atoms with Crippen LogP contribution in [-0.4, -0.2) is 15.7 Å². The number of carbonyl (C=O) groups excluding carboxylic acids is 1. The average Bonchev–Trinajstić information content (AvgIpc) is 2.82. The molecular formula is C14H9ClN2O. The van der Waals surface area contributed by atoms with E-state index in [1.807, 2.05) is 40.9 Å². The van der Waals surface area contributed by atoms with Gasteiger partial charge in [-0.05, 0) is 24.3 Å². The first-order valence-electron chi connectivity index (χ1n) is 5.46. The van der Waals surface area contributed by atoms with Crippen LogP contribution < -0.4 is 0 Å². The van der Waals surface area contributed by atoms with Crippen LogP contribution in [0.3, 0.4) is 0 Å². The Hall–Kier alpha value is -2.13. The summed E-state index contributed by atoms with van der Waals surface area (Å²) in [7, 11) is 0. The number of benzene rings is 1. The fraction of sp³-hybridized carbons (Fsp3) is 0. The van der Waals surface area contributed by atoms with Crippen LogP contribution in [0, 0.1) is 0 Å². The van der Waals surface area contributed by atoms with Crippen molar-refractivity contribution >= 4 is 23.5 Å². The minimum atomic E-state index is 0.627. The topological polar surface area (TPSA) is 34.4 Å². The Morgan fingerprint density at radius 1 is 1.06 bits per heavy atom. The van der Waals surface area contributed by atoms with Crippen LogP contribution in [0.1, 0.15) is 10.4 Å². The Kier molecular flexibility index (Phi) is 2.61. The highest BCUT2D eigenvalue weighted by Gasteiger charge is 2.04. The van der Waals surface area contributed by atoms with Gasteiger partial charge < -0.3 is 4.40 Å². The van der Waals surface area contributed by atoms with Crippen molar-refractivity contribution in [3.8, 4) is 11.3 Å². The van der Waals surface area contributed by atoms with Gasteiger partial charge in [-0.25, -0.2) is 4.98 Å². The molecule has 0 aliphatic rings. The van der Waals surface area contributed by atoms with Gasteiger partial charge in [0, 0.05) is 28.5 Å². The van der Waals surface area contributed by atoms with E-state index < -0.39 is 0 Å². The molecule has 1 aromatic carbocycles. The van der Waals surface area contributed by atoms with Gasteiger partial charge in [0.05, 0.1) is 5.69 Å². The third-order valence-electron chi connectivity index (χ3n) is 2.75. The van der Waals surface area contributed by atoms with Crippen molar-refractivity contribution in [3.63, 3.8) is 0 Å². The molecule has 3 rings (SSSR count). The van der Waals surface area contributed by atoms with Crippen LogP contribution in [-0.2, 0) is 0 Å². The molecule has 3 nitrogen and oxygen atoms in total. The van der Waals surface area contributed by atoms with Gasteiger partial charge in [-0.15, -0.1) is 0 Å². The van der Waals surface area contributed by atoms with Gasteiger partial charge in [0.15, 0.2) is 6.29 Å². The number of hydrogen-bond donors (Lipinski definition) is 0. The molecule has 0 unspecified atom stereocenters. The van der Waals surface area contributed by atoms with E-state index in [0.717, 1.165) is 23.2 Å². The molecule has 0 saturated heterocycles. The summed E-state index contributed by atoms with van der Waals surface area (Å²) in [5.41, 5.74) is 3.29. The predicted octanol–water partition coefficient (Wildman–Crippen LogP) is 3.47. The molecule has 0 saturated carbocycles. The summed E-state index contributed by atoms with van der Waals surface area (Å²) >= 11 is 5.85. The number of aldehydes is 1. The van der Waals surface area contributed by atoms with E-state index in [1.165, 1.54) is 0 Å². The number of hydrogen-bond acceptors (Lipinski definition) is 2. The van der Waals surface area contributed by atoms with Gasteiger partial charge in [-0.2, -0.15) is 0 Å². The maximum absolute atomic E-state index is 10.7. The van der Waals surface area contributed by atoms with Crippen molar-refractivity contribution in [2.45, 2.75) is 0 Å². The molecule has 0 spiro atoms. The molecule has 0 aliphatic heterocycles. The summed E-state index contributed by atoms with van der Waals surface area (Å²) < 4.78 is 1.84. The van der Waals surface area contributed by atoms with E-state index >= 15 is 0 Å². The van der Waals surface area contributed by atoms with Gasteiger partial charge in [-0.3, -0.25) is 4.79 Å². The molecule has 0 aliphatic carbocycles. The number of halogens is 1. The lowest BCUT2D eigenvalue weighted by Crippen LogP contribution is -1.86. The van der Waals surface area contributed by atoms with E-state index in [4.69, 9.17) is 11.6 Å². The first-order chi connectivity index (χ1) is 8.76. The standard InChI is InChI=1S/C14H9ClN2O/c15-12-4-2-11(3-5-12)13-8-17-7-10(9-18)1-6-14(17)16-13/h1-9H. The zero-order valence-corrected chi connectivity index (χ0v) is 10.1. The molecule has 0 fully saturated rings. The van der Waals surface area contributed by atoms with Gasteiger partial charge >= 0.3 is 0 Å². The van der Waals surface area contributed by atoms with Crippen LogP contribution in [0.25, 0.3) is 16.9 Å². The maximum Gasteiger partial charge on any atom is 0.151 e. The van der Waals surface area contributed by atoms with E-state index in [-0.39, 0.29) is 0 Å². The highest BCUT2D eigenvalue weighted by atomic mass is 35.5. The van der Waals surface area contributed by atoms with Crippen LogP contribution in [0.2, 0.25) is 5.02 Å². The lowest BCUT2D eigenvalue weighted by molar-refractivity contribution is 0.112. The van der Waals surface area contributed by atoms with E-state index in [9.17, 15) is 4.79 Å². The number of carbonyl (C=O) groups is 1. The zero-order chi connectivity index (χ0) is 12.5. The Labute approximate surface area is 109 Å². The van der Waals surface area contributed by atoms with Crippen molar-refractivity contribution in [2.75, 3.05) is 0 Å². The fourth-order valence-corrected chi connectivity index (χ4v) is 1.96. The maximum atomic E-state index is 10.7. The molecule has 0 atom stereocenters. The number of aromatic nitrogens is 2. The second kappa shape index (κ2) is 4.27. The van der Waals surface area contributed by atoms with E-state index in [2.05, 4.69) is 4.98 Å². The number of imidazole rings is 1. The lowest BCUT2D eigenvalue weighted by Gasteiger charge is -1.95. The Balaban J connectivity index is 2.12. The summed E-state index contributed by atoms with van der Waals surface area (Å²) in [6.45, 7) is 0. The summed E-state index contributed by atoms with van der Waals surface area (Å²) in [5, 5.41) is 0.700. The average molecular weight is 257 g/mol. The number of pyridine rings is 1. The molecule has 2 heterocycles. The second-order valence-corrected chi connectivity index (χ2v) is 4.42. The molecule has 4 heteroatoms. The normalized spacial score (nSPS) is 10.7. The molecule has 3 aromatic rings. The summed E-state index contributed by atoms with van der Waals surface area (Å²) in [4.78, 5) is 15.2. The second-order valence-electron chi connectivity index (χ2n) is 3.98. The highest BCUT2D eigenvalue weighted by Crippen LogP contribution is 2.21. The third-order valence-corrected chi connectivity index (χ3v) is 3.00. The Morgan fingerprint density at radius 2 is 1.83 bits per heavy atom. The van der Waals surface area contributed by atoms with E-state index in [1.54, 1.807) is 12.3 Å². The van der Waals surface area contributed by atoms with Crippen molar-refractivity contribution in [1.29, 1.82) is 0 Å². The fourth-order valence-electron chi connectivity index (χ4n) is 1.84. The van der Waals surface area contributed by atoms with Crippen molar-refractivity contribution in [1.82, 2.24) is 9.38 Å². The highest BCUT2D eigenvalue weighted by molar-refractivity contribution is 6.30. The minimum absolute atomic E-state index is 0.627. The monoisotopic (exact) mass is 256 g/mol. The molecule has 88 valence electrons. The van der Waals surface area contributed by atoms with Crippen LogP contribution in [0.4, 0.5) is 0 Å². The van der Waals surface area contributed by atoms with Gasteiger partial charge in [0.1, 0.15) is 5.65 Å². The first kappa shape index (κ1) is 11.0. The summed E-state index contributed by atoms with van der Waals surface area (Å²) in [6.07, 6.45) is 4.47. The quantitative estimate of drug-likeness (QED) is 0.658. The van der Waals surface area contributed by atoms with Crippen LogP contribution in [0.15, 0.2) is 48.8 Å². The smallest absolute Gasteiger partial charge is 0.151 e. The van der Waals surface area contributed by atoms with Gasteiger partial charge in [0.25, 0.3) is 0 Å². The lowest BCUT2D eigenvalue weighted by atomic mass is 10.2. The van der Waals surface area contributed by atoms with Crippen molar-refractivity contribution < 1.29 is 4.79 Å². The molecule has 18 heavy (non-hydrogen) atoms. The zero-order valence-electron chi connectivity index (χ0n) is 9.38. The van der Waals surface area contributed by atoms with Crippen LogP contribution in [0.5, 0.6) is 0 Å². The minimum Gasteiger partial charge on any atom is -0.306 e. The molecule has 0 radical (unpaired) electrons. The van der Waals surface area contributed by atoms with Gasteiger partial charge in [0.2, 0.25) is 0 Å². The number of nitrogens with zero attached hydrogens (tertiary/aromatic N) is 2. The van der Waals surface area contributed by atoms with Crippen LogP contribution >= 0.6 is 11.6 Å². The Bertz CT molecular complexity index is 716. The van der Waals surface area contributed by atoms with Crippen molar-refractivity contribution in [3.05, 3.63) is 59.4 Å². The number of rotatable bonds is 2. The molecular weight excluding hydrogens is 248 g/mol. The summed E-state index contributed by atoms with van der Waals surface area (Å²) in [5.74, 6) is 0. The van der Waals surface area contributed by atoms with Crippen molar-refractivity contribution in [2.24, 2.45) is 0 Å². The SMILES string of the molecule is O=Cc1ccc2nc(-c3ccc(Cl)cc3)cn2c1. The molecule has 0 N–H and O–H groups in total. The van der Waals surface area contributed by atoms with Gasteiger partial charge in [-0.1, -0.05) is 23.7 Å². The Morgan fingerprint density at radius 3 is 2.56 bits per heavy atom. The third kappa shape index (κ3) is 1.89. The number of fused-ring (bicyclic) bond motifs is 1. The predicted molar refractivity (Wildman–Crippen MR) is 71.0 cm³/mol. The molecule has 0 amide bonds. The molecule has 0 bridgehead atoms. The van der Waals surface area contributed by atoms with E-state index in [0.29, 0.717) is 10.6 Å². The summed E-state index contributed by atoms with van der Waals surface area (Å²) in [6, 6.07) is 11.1. The molecule has 2 aromatic heterocycles. The first-order valence-corrected chi connectivity index (χ1v) is 5.84.